The average Bonchev–Trinajstić information content (AvgIpc) is 2.69. The smallest absolute Gasteiger partial charge is 0.164 e. The van der Waals surface area contributed by atoms with Crippen LogP contribution in [-0.4, -0.2) is 9.97 Å². The Bertz CT molecular complexity index is 835. The van der Waals surface area contributed by atoms with E-state index < -0.39 is 0 Å². The fourth-order valence-corrected chi connectivity index (χ4v) is 4.56. The SMILES string of the molecule is Nc1nc(-c2cc(Cl)sc2Cl)nc2c(Br)cc(Br)cc12. The minimum absolute atomic E-state index is 0.394. The lowest BCUT2D eigenvalue weighted by atomic mass is 10.2. The molecule has 0 aliphatic rings. The first kappa shape index (κ1) is 14.5. The third kappa shape index (κ3) is 2.55. The Morgan fingerprint density at radius 3 is 2.50 bits per heavy atom. The summed E-state index contributed by atoms with van der Waals surface area (Å²) in [5.41, 5.74) is 7.44. The molecule has 0 amide bonds. The summed E-state index contributed by atoms with van der Waals surface area (Å²) in [7, 11) is 0. The van der Waals surface area contributed by atoms with Gasteiger partial charge in [0, 0.05) is 14.3 Å². The normalized spacial score (nSPS) is 11.2. The maximum absolute atomic E-state index is 6.14. The molecule has 0 radical (unpaired) electrons. The third-order valence-corrected chi connectivity index (χ3v) is 5.20. The van der Waals surface area contributed by atoms with Gasteiger partial charge in [-0.3, -0.25) is 0 Å². The van der Waals surface area contributed by atoms with E-state index in [2.05, 4.69) is 41.8 Å². The number of aromatic nitrogens is 2. The molecule has 0 unspecified atom stereocenters. The van der Waals surface area contributed by atoms with Crippen LogP contribution in [0.3, 0.4) is 0 Å². The fraction of sp³-hybridized carbons (Fsp3) is 0. The summed E-state index contributed by atoms with van der Waals surface area (Å²) in [4.78, 5) is 8.84. The van der Waals surface area contributed by atoms with E-state index >= 15 is 0 Å². The predicted molar refractivity (Wildman–Crippen MR) is 92.7 cm³/mol. The molecule has 0 atom stereocenters. The van der Waals surface area contributed by atoms with Crippen molar-refractivity contribution in [3.8, 4) is 11.4 Å². The van der Waals surface area contributed by atoms with Crippen LogP contribution in [0, 0.1) is 0 Å². The molecule has 0 aliphatic carbocycles. The Labute approximate surface area is 145 Å². The van der Waals surface area contributed by atoms with Crippen LogP contribution in [0.4, 0.5) is 5.82 Å². The van der Waals surface area contributed by atoms with E-state index in [0.717, 1.165) is 19.8 Å². The van der Waals surface area contributed by atoms with Gasteiger partial charge in [0.2, 0.25) is 0 Å². The number of rotatable bonds is 1. The van der Waals surface area contributed by atoms with Crippen LogP contribution in [0.15, 0.2) is 27.1 Å². The first-order valence-corrected chi connectivity index (χ1v) is 8.49. The van der Waals surface area contributed by atoms with Gasteiger partial charge in [0.15, 0.2) is 5.82 Å². The first-order chi connectivity index (χ1) is 9.45. The highest BCUT2D eigenvalue weighted by Crippen LogP contribution is 2.38. The highest BCUT2D eigenvalue weighted by atomic mass is 79.9. The second-order valence-corrected chi connectivity index (χ2v) is 8.01. The average molecular weight is 454 g/mol. The quantitative estimate of drug-likeness (QED) is 0.508. The topological polar surface area (TPSA) is 51.8 Å². The molecule has 20 heavy (non-hydrogen) atoms. The molecule has 0 spiro atoms. The summed E-state index contributed by atoms with van der Waals surface area (Å²) >= 11 is 20.3. The van der Waals surface area contributed by atoms with Gasteiger partial charge in [-0.2, -0.15) is 0 Å². The lowest BCUT2D eigenvalue weighted by Crippen LogP contribution is -1.98. The lowest BCUT2D eigenvalue weighted by molar-refractivity contribution is 1.23. The summed E-state index contributed by atoms with van der Waals surface area (Å²) in [6.07, 6.45) is 0. The van der Waals surface area contributed by atoms with Crippen molar-refractivity contribution >= 4 is 83.1 Å². The molecule has 0 fully saturated rings. The van der Waals surface area contributed by atoms with Crippen LogP contribution in [0.2, 0.25) is 8.67 Å². The van der Waals surface area contributed by atoms with Crippen molar-refractivity contribution in [2.45, 2.75) is 0 Å². The highest BCUT2D eigenvalue weighted by Gasteiger charge is 2.15. The summed E-state index contributed by atoms with van der Waals surface area (Å²) in [6.45, 7) is 0. The Kier molecular flexibility index (Phi) is 3.94. The molecule has 0 saturated heterocycles. The van der Waals surface area contributed by atoms with Crippen molar-refractivity contribution in [1.82, 2.24) is 9.97 Å². The van der Waals surface area contributed by atoms with E-state index in [1.54, 1.807) is 6.07 Å². The first-order valence-electron chi connectivity index (χ1n) is 5.33. The minimum atomic E-state index is 0.394. The molecule has 8 heteroatoms. The Hall–Kier alpha value is -0.400. The van der Waals surface area contributed by atoms with E-state index in [1.807, 2.05) is 12.1 Å². The number of thiophene rings is 1. The van der Waals surface area contributed by atoms with Gasteiger partial charge in [-0.05, 0) is 34.1 Å². The maximum atomic E-state index is 6.14. The van der Waals surface area contributed by atoms with Gasteiger partial charge in [-0.15, -0.1) is 11.3 Å². The van der Waals surface area contributed by atoms with Crippen LogP contribution in [0.1, 0.15) is 0 Å². The number of nitrogens with zero attached hydrogens (tertiary/aromatic N) is 2. The Morgan fingerprint density at radius 1 is 1.10 bits per heavy atom. The van der Waals surface area contributed by atoms with Crippen molar-refractivity contribution < 1.29 is 0 Å². The van der Waals surface area contributed by atoms with E-state index in [4.69, 9.17) is 28.9 Å². The molecule has 1 aromatic carbocycles. The second-order valence-electron chi connectivity index (χ2n) is 3.95. The standard InChI is InChI=1S/C12H5Br2Cl2N3S/c13-4-1-5-9(7(14)2-4)18-12(19-11(5)17)6-3-8(15)20-10(6)16/h1-3H,(H2,17,18,19). The van der Waals surface area contributed by atoms with Gasteiger partial charge >= 0.3 is 0 Å². The zero-order chi connectivity index (χ0) is 14.4. The largest absolute Gasteiger partial charge is 0.383 e. The number of fused-ring (bicyclic) bond motifs is 1. The Balaban J connectivity index is 2.32. The van der Waals surface area contributed by atoms with Crippen LogP contribution in [-0.2, 0) is 0 Å². The van der Waals surface area contributed by atoms with Crippen molar-refractivity contribution in [3.05, 3.63) is 35.8 Å². The molecule has 2 heterocycles. The van der Waals surface area contributed by atoms with Crippen molar-refractivity contribution in [2.75, 3.05) is 5.73 Å². The highest BCUT2D eigenvalue weighted by molar-refractivity contribution is 9.11. The number of nitrogens with two attached hydrogens (primary N) is 1. The maximum Gasteiger partial charge on any atom is 0.164 e. The number of halogens is 4. The molecule has 0 bridgehead atoms. The summed E-state index contributed by atoms with van der Waals surface area (Å²) in [5.74, 6) is 0.858. The van der Waals surface area contributed by atoms with Crippen LogP contribution in [0.5, 0.6) is 0 Å². The van der Waals surface area contributed by atoms with E-state index in [0.29, 0.717) is 25.9 Å². The number of hydrogen-bond acceptors (Lipinski definition) is 4. The molecule has 3 aromatic rings. The molecule has 2 N–H and O–H groups in total. The van der Waals surface area contributed by atoms with E-state index in [1.165, 1.54) is 11.3 Å². The number of benzene rings is 1. The summed E-state index contributed by atoms with van der Waals surface area (Å²) < 4.78 is 2.86. The zero-order valence-corrected chi connectivity index (χ0v) is 15.1. The summed E-state index contributed by atoms with van der Waals surface area (Å²) in [6, 6.07) is 5.52. The number of anilines is 1. The number of nitrogen functional groups attached to an aromatic ring is 1. The predicted octanol–water partition coefficient (Wildman–Crippen LogP) is 5.77. The molecule has 3 nitrogen and oxygen atoms in total. The van der Waals surface area contributed by atoms with Gasteiger partial charge in [0.1, 0.15) is 10.2 Å². The van der Waals surface area contributed by atoms with Gasteiger partial charge < -0.3 is 5.73 Å². The summed E-state index contributed by atoms with van der Waals surface area (Å²) in [5, 5.41) is 0.771. The van der Waals surface area contributed by atoms with Gasteiger partial charge in [-0.25, -0.2) is 9.97 Å². The molecule has 102 valence electrons. The molecule has 0 saturated carbocycles. The van der Waals surface area contributed by atoms with Crippen molar-refractivity contribution in [2.24, 2.45) is 0 Å². The van der Waals surface area contributed by atoms with E-state index in [9.17, 15) is 0 Å². The molecular weight excluding hydrogens is 449 g/mol. The lowest BCUT2D eigenvalue weighted by Gasteiger charge is -2.07. The van der Waals surface area contributed by atoms with Crippen LogP contribution < -0.4 is 5.73 Å². The van der Waals surface area contributed by atoms with Crippen molar-refractivity contribution in [1.29, 1.82) is 0 Å². The molecule has 3 rings (SSSR count). The van der Waals surface area contributed by atoms with Crippen LogP contribution in [0.25, 0.3) is 22.3 Å². The third-order valence-electron chi connectivity index (χ3n) is 2.65. The van der Waals surface area contributed by atoms with Crippen molar-refractivity contribution in [3.63, 3.8) is 0 Å². The van der Waals surface area contributed by atoms with Gasteiger partial charge in [-0.1, -0.05) is 39.1 Å². The number of hydrogen-bond donors (Lipinski definition) is 1. The second kappa shape index (κ2) is 5.42. The fourth-order valence-electron chi connectivity index (χ4n) is 1.79. The zero-order valence-electron chi connectivity index (χ0n) is 9.62. The monoisotopic (exact) mass is 451 g/mol. The molecule has 2 aromatic heterocycles. The van der Waals surface area contributed by atoms with Gasteiger partial charge in [0.25, 0.3) is 0 Å². The van der Waals surface area contributed by atoms with E-state index in [-0.39, 0.29) is 0 Å². The molecule has 0 aliphatic heterocycles. The van der Waals surface area contributed by atoms with Crippen LogP contribution >= 0.6 is 66.4 Å². The van der Waals surface area contributed by atoms with Gasteiger partial charge in [0.05, 0.1) is 15.4 Å². The molecular formula is C12H5Br2Cl2N3S. The Morgan fingerprint density at radius 2 is 1.85 bits per heavy atom. The minimum Gasteiger partial charge on any atom is -0.383 e.